The van der Waals surface area contributed by atoms with Gasteiger partial charge in [0.2, 0.25) is 0 Å². The Morgan fingerprint density at radius 1 is 1.24 bits per heavy atom. The van der Waals surface area contributed by atoms with E-state index in [9.17, 15) is 14.7 Å². The third-order valence-electron chi connectivity index (χ3n) is 6.58. The summed E-state index contributed by atoms with van der Waals surface area (Å²) in [5, 5.41) is 22.1. The molecule has 0 aliphatic carbocycles. The van der Waals surface area contributed by atoms with Gasteiger partial charge in [-0.1, -0.05) is 13.8 Å². The lowest BCUT2D eigenvalue weighted by atomic mass is 9.89. The second-order valence-electron chi connectivity index (χ2n) is 9.02. The summed E-state index contributed by atoms with van der Waals surface area (Å²) in [6.45, 7) is 7.61. The second-order valence-corrected chi connectivity index (χ2v) is 9.02. The van der Waals surface area contributed by atoms with E-state index in [1.165, 1.54) is 13.1 Å². The van der Waals surface area contributed by atoms with Gasteiger partial charge in [-0.25, -0.2) is 4.52 Å². The Morgan fingerprint density at radius 2 is 2.03 bits per heavy atom. The van der Waals surface area contributed by atoms with E-state index in [1.807, 2.05) is 29.3 Å². The molecule has 0 aromatic carbocycles. The van der Waals surface area contributed by atoms with Crippen LogP contribution in [0.3, 0.4) is 0 Å². The molecule has 3 atom stereocenters. The van der Waals surface area contributed by atoms with Gasteiger partial charge in [0.1, 0.15) is 6.10 Å². The molecule has 2 amide bonds. The summed E-state index contributed by atoms with van der Waals surface area (Å²) in [6.07, 6.45) is 8.77. The topological polar surface area (TPSA) is 131 Å². The standard InChI is InChI=1S/C24H33N7O3/c1-4-7-30-13-18(10-26-30)17-9-21-22(19(23(25)33)11-27-31(21)14-17)28-20-6-8-29(12-16(20)5-2)24(34)15(3)32/h9-11,13-16,20,28,32H,4-8,12H2,1-3H3,(H2,25,33)/t15?,16-,20-/m1/s1. The van der Waals surface area contributed by atoms with Crippen LogP contribution in [0.1, 0.15) is 50.4 Å². The molecular weight excluding hydrogens is 434 g/mol. The average Bonchev–Trinajstić information content (AvgIpc) is 3.46. The molecule has 34 heavy (non-hydrogen) atoms. The maximum absolute atomic E-state index is 12.3. The van der Waals surface area contributed by atoms with Gasteiger partial charge in [0.15, 0.2) is 0 Å². The van der Waals surface area contributed by atoms with Crippen LogP contribution in [0.25, 0.3) is 16.6 Å². The fourth-order valence-corrected chi connectivity index (χ4v) is 4.70. The van der Waals surface area contributed by atoms with Crippen molar-refractivity contribution in [1.82, 2.24) is 24.3 Å². The first-order valence-electron chi connectivity index (χ1n) is 11.9. The number of amides is 2. The fraction of sp³-hybridized carbons (Fsp3) is 0.500. The molecule has 0 bridgehead atoms. The van der Waals surface area contributed by atoms with Gasteiger partial charge in [-0.3, -0.25) is 14.3 Å². The summed E-state index contributed by atoms with van der Waals surface area (Å²) in [6, 6.07) is 2.03. The molecule has 10 nitrogen and oxygen atoms in total. The number of nitrogens with two attached hydrogens (primary N) is 1. The summed E-state index contributed by atoms with van der Waals surface area (Å²) in [4.78, 5) is 26.3. The van der Waals surface area contributed by atoms with Gasteiger partial charge in [-0.2, -0.15) is 10.2 Å². The number of hydrogen-bond donors (Lipinski definition) is 3. The van der Waals surface area contributed by atoms with E-state index in [4.69, 9.17) is 5.73 Å². The molecule has 1 aliphatic rings. The van der Waals surface area contributed by atoms with Crippen LogP contribution in [0.15, 0.2) is 30.9 Å². The van der Waals surface area contributed by atoms with E-state index in [2.05, 4.69) is 29.4 Å². The van der Waals surface area contributed by atoms with Gasteiger partial charge in [0, 0.05) is 49.2 Å². The fourth-order valence-electron chi connectivity index (χ4n) is 4.70. The van der Waals surface area contributed by atoms with Gasteiger partial charge in [0.05, 0.1) is 29.2 Å². The lowest BCUT2D eigenvalue weighted by Gasteiger charge is -2.39. The molecule has 1 aliphatic heterocycles. The molecule has 182 valence electrons. The van der Waals surface area contributed by atoms with Crippen molar-refractivity contribution in [1.29, 1.82) is 0 Å². The first-order valence-corrected chi connectivity index (χ1v) is 11.9. The van der Waals surface area contributed by atoms with E-state index in [0.29, 0.717) is 30.8 Å². The molecule has 4 N–H and O–H groups in total. The van der Waals surface area contributed by atoms with Crippen molar-refractivity contribution in [2.24, 2.45) is 11.7 Å². The average molecular weight is 468 g/mol. The highest BCUT2D eigenvalue weighted by atomic mass is 16.3. The summed E-state index contributed by atoms with van der Waals surface area (Å²) in [5.74, 6) is -0.640. The van der Waals surface area contributed by atoms with Gasteiger partial charge < -0.3 is 21.1 Å². The molecule has 0 saturated carbocycles. The number of nitrogens with zero attached hydrogens (tertiary/aromatic N) is 5. The molecule has 10 heteroatoms. The molecule has 3 aromatic heterocycles. The van der Waals surface area contributed by atoms with Crippen LogP contribution in [0, 0.1) is 5.92 Å². The molecule has 4 rings (SSSR count). The van der Waals surface area contributed by atoms with Crippen molar-refractivity contribution < 1.29 is 14.7 Å². The number of fused-ring (bicyclic) bond motifs is 1. The number of rotatable bonds is 8. The normalized spacial score (nSPS) is 19.4. The number of primary amides is 1. The van der Waals surface area contributed by atoms with E-state index in [-0.39, 0.29) is 17.9 Å². The second kappa shape index (κ2) is 9.84. The first-order chi connectivity index (χ1) is 16.3. The summed E-state index contributed by atoms with van der Waals surface area (Å²) < 4.78 is 3.65. The van der Waals surface area contributed by atoms with E-state index < -0.39 is 12.0 Å². The van der Waals surface area contributed by atoms with E-state index in [1.54, 1.807) is 9.42 Å². The highest BCUT2D eigenvalue weighted by Crippen LogP contribution is 2.31. The minimum atomic E-state index is -1.01. The number of hydrogen-bond acceptors (Lipinski definition) is 6. The summed E-state index contributed by atoms with van der Waals surface area (Å²) in [7, 11) is 0. The predicted octanol–water partition coefficient (Wildman–Crippen LogP) is 2.13. The summed E-state index contributed by atoms with van der Waals surface area (Å²) in [5.41, 5.74) is 9.36. The minimum absolute atomic E-state index is 0.0398. The van der Waals surface area contributed by atoms with Crippen LogP contribution < -0.4 is 11.1 Å². The zero-order chi connectivity index (χ0) is 24.4. The molecule has 1 saturated heterocycles. The minimum Gasteiger partial charge on any atom is -0.384 e. The SMILES string of the molecule is CCCn1cc(-c2cc3c(N[C@@H]4CCN(C(=O)C(C)O)C[C@H]4CC)c(C(N)=O)cnn3c2)cn1. The van der Waals surface area contributed by atoms with Crippen molar-refractivity contribution in [2.75, 3.05) is 18.4 Å². The Labute approximate surface area is 198 Å². The number of likely N-dealkylation sites (tertiary alicyclic amines) is 1. The molecule has 0 radical (unpaired) electrons. The number of aliphatic hydroxyl groups excluding tert-OH is 1. The Kier molecular flexibility index (Phi) is 6.87. The lowest BCUT2D eigenvalue weighted by Crippen LogP contribution is -2.50. The smallest absolute Gasteiger partial charge is 0.252 e. The first kappa shape index (κ1) is 23.7. The highest BCUT2D eigenvalue weighted by molar-refractivity contribution is 6.02. The van der Waals surface area contributed by atoms with Crippen LogP contribution in [-0.4, -0.2) is 66.5 Å². The number of carbonyl (C=O) groups is 2. The lowest BCUT2D eigenvalue weighted by molar-refractivity contribution is -0.141. The number of carbonyl (C=O) groups excluding carboxylic acids is 2. The number of nitrogens with one attached hydrogen (secondary N) is 1. The predicted molar refractivity (Wildman–Crippen MR) is 129 cm³/mol. The molecule has 0 spiro atoms. The van der Waals surface area contributed by atoms with Crippen LogP contribution in [0.2, 0.25) is 0 Å². The van der Waals surface area contributed by atoms with Crippen molar-refractivity contribution in [3.05, 3.63) is 36.4 Å². The number of anilines is 1. The van der Waals surface area contributed by atoms with Crippen molar-refractivity contribution in [2.45, 2.75) is 58.7 Å². The van der Waals surface area contributed by atoms with E-state index >= 15 is 0 Å². The Balaban J connectivity index is 1.66. The van der Waals surface area contributed by atoms with Gasteiger partial charge in [0.25, 0.3) is 11.8 Å². The Hall–Kier alpha value is -3.40. The number of aliphatic hydroxyl groups is 1. The Morgan fingerprint density at radius 3 is 2.71 bits per heavy atom. The largest absolute Gasteiger partial charge is 0.384 e. The third kappa shape index (κ3) is 4.63. The monoisotopic (exact) mass is 467 g/mol. The number of aromatic nitrogens is 4. The quantitative estimate of drug-likeness (QED) is 0.465. The van der Waals surface area contributed by atoms with Crippen molar-refractivity contribution in [3.63, 3.8) is 0 Å². The molecule has 1 unspecified atom stereocenters. The summed E-state index contributed by atoms with van der Waals surface area (Å²) >= 11 is 0. The van der Waals surface area contributed by atoms with Gasteiger partial charge in [-0.15, -0.1) is 0 Å². The maximum atomic E-state index is 12.3. The zero-order valence-corrected chi connectivity index (χ0v) is 19.9. The van der Waals surface area contributed by atoms with Crippen molar-refractivity contribution >= 4 is 23.0 Å². The molecule has 1 fully saturated rings. The molecular formula is C24H33N7O3. The maximum Gasteiger partial charge on any atom is 0.252 e. The van der Waals surface area contributed by atoms with Crippen molar-refractivity contribution in [3.8, 4) is 11.1 Å². The van der Waals surface area contributed by atoms with Crippen LogP contribution in [0.5, 0.6) is 0 Å². The zero-order valence-electron chi connectivity index (χ0n) is 19.9. The Bertz CT molecular complexity index is 1180. The van der Waals surface area contributed by atoms with Crippen LogP contribution in [-0.2, 0) is 11.3 Å². The number of aryl methyl sites for hydroxylation is 1. The van der Waals surface area contributed by atoms with Crippen LogP contribution in [0.4, 0.5) is 5.69 Å². The van der Waals surface area contributed by atoms with E-state index in [0.717, 1.165) is 36.0 Å². The third-order valence-corrected chi connectivity index (χ3v) is 6.58. The number of piperidine rings is 1. The van der Waals surface area contributed by atoms with Crippen LogP contribution >= 0.6 is 0 Å². The highest BCUT2D eigenvalue weighted by Gasteiger charge is 2.32. The van der Waals surface area contributed by atoms with Gasteiger partial charge >= 0.3 is 0 Å². The molecule has 4 heterocycles. The van der Waals surface area contributed by atoms with Gasteiger partial charge in [-0.05, 0) is 38.2 Å². The molecule has 3 aromatic rings.